The molecule has 7 heteroatoms. The predicted molar refractivity (Wildman–Crippen MR) is 107 cm³/mol. The van der Waals surface area contributed by atoms with E-state index in [0.717, 1.165) is 10.0 Å². The highest BCUT2D eigenvalue weighted by molar-refractivity contribution is 9.10. The van der Waals surface area contributed by atoms with Gasteiger partial charge in [0.25, 0.3) is 0 Å². The van der Waals surface area contributed by atoms with Crippen LogP contribution in [0.4, 0.5) is 0 Å². The first kappa shape index (κ1) is 20.3. The lowest BCUT2D eigenvalue weighted by Gasteiger charge is -2.09. The molecular formula is C20H19BrN2O4. The van der Waals surface area contributed by atoms with Crippen molar-refractivity contribution in [2.24, 2.45) is 5.10 Å². The van der Waals surface area contributed by atoms with Crippen LogP contribution < -0.4 is 19.6 Å². The number of halogens is 1. The first-order valence-corrected chi connectivity index (χ1v) is 8.75. The van der Waals surface area contributed by atoms with Crippen molar-refractivity contribution in [2.75, 3.05) is 20.8 Å². The summed E-state index contributed by atoms with van der Waals surface area (Å²) >= 11 is 3.39. The largest absolute Gasteiger partial charge is 0.493 e. The Morgan fingerprint density at radius 3 is 2.63 bits per heavy atom. The lowest BCUT2D eigenvalue weighted by atomic mass is 10.1. The van der Waals surface area contributed by atoms with Crippen molar-refractivity contribution in [3.63, 3.8) is 0 Å². The summed E-state index contributed by atoms with van der Waals surface area (Å²) in [6.07, 6.45) is 6.87. The molecule has 0 unspecified atom stereocenters. The smallest absolute Gasteiger partial charge is 0.244 e. The van der Waals surface area contributed by atoms with Gasteiger partial charge in [0.05, 0.1) is 26.9 Å². The zero-order valence-electron chi connectivity index (χ0n) is 15.0. The Hall–Kier alpha value is -2.98. The van der Waals surface area contributed by atoms with Crippen LogP contribution >= 0.6 is 15.9 Å². The first-order valence-electron chi connectivity index (χ1n) is 7.96. The van der Waals surface area contributed by atoms with Gasteiger partial charge < -0.3 is 14.2 Å². The molecule has 27 heavy (non-hydrogen) atoms. The summed E-state index contributed by atoms with van der Waals surface area (Å²) in [5.41, 5.74) is 3.96. The highest BCUT2D eigenvalue weighted by Crippen LogP contribution is 2.27. The molecule has 0 saturated heterocycles. The minimum atomic E-state index is -0.264. The van der Waals surface area contributed by atoms with Crippen LogP contribution in [0, 0.1) is 12.3 Å². The van der Waals surface area contributed by atoms with Crippen LogP contribution in [0.1, 0.15) is 11.1 Å². The number of hydrogen-bond donors (Lipinski definition) is 1. The average Bonchev–Trinajstić information content (AvgIpc) is 2.67. The van der Waals surface area contributed by atoms with Gasteiger partial charge in [-0.05, 0) is 35.9 Å². The lowest BCUT2D eigenvalue weighted by molar-refractivity contribution is -0.120. The zero-order valence-corrected chi connectivity index (χ0v) is 16.6. The maximum absolute atomic E-state index is 12.1. The molecule has 0 spiro atoms. The van der Waals surface area contributed by atoms with Crippen molar-refractivity contribution in [1.29, 1.82) is 0 Å². The van der Waals surface area contributed by atoms with E-state index in [9.17, 15) is 4.79 Å². The standard InChI is InChI=1S/C20H19BrN2O4/c1-4-9-27-17-8-6-16(21)12-15(17)13-22-23-20(24)11-14-5-7-18(25-2)19(10-14)26-3/h1,5-8,10,12-13H,9,11H2,2-3H3,(H,23,24)/b22-13+. The predicted octanol–water partition coefficient (Wildman–Crippen LogP) is 3.17. The SMILES string of the molecule is C#CCOc1ccc(Br)cc1/C=N/NC(=O)Cc1ccc(OC)c(OC)c1. The van der Waals surface area contributed by atoms with Gasteiger partial charge in [0.2, 0.25) is 5.91 Å². The van der Waals surface area contributed by atoms with E-state index < -0.39 is 0 Å². The molecular weight excluding hydrogens is 412 g/mol. The molecule has 1 N–H and O–H groups in total. The Morgan fingerprint density at radius 2 is 1.93 bits per heavy atom. The van der Waals surface area contributed by atoms with Crippen LogP contribution in [-0.4, -0.2) is 32.9 Å². The quantitative estimate of drug-likeness (QED) is 0.396. The van der Waals surface area contributed by atoms with E-state index in [2.05, 4.69) is 32.4 Å². The molecule has 0 aliphatic rings. The number of benzene rings is 2. The molecule has 140 valence electrons. The molecule has 0 saturated carbocycles. The van der Waals surface area contributed by atoms with E-state index in [1.165, 1.54) is 6.21 Å². The molecule has 0 aromatic heterocycles. The topological polar surface area (TPSA) is 69.2 Å². The van der Waals surface area contributed by atoms with Crippen LogP contribution in [0.5, 0.6) is 17.2 Å². The van der Waals surface area contributed by atoms with E-state index in [0.29, 0.717) is 22.8 Å². The highest BCUT2D eigenvalue weighted by atomic mass is 79.9. The molecule has 1 amide bonds. The van der Waals surface area contributed by atoms with Crippen molar-refractivity contribution >= 4 is 28.1 Å². The van der Waals surface area contributed by atoms with Gasteiger partial charge in [-0.1, -0.05) is 27.9 Å². The minimum absolute atomic E-state index is 0.147. The van der Waals surface area contributed by atoms with Crippen LogP contribution in [0.2, 0.25) is 0 Å². The van der Waals surface area contributed by atoms with Crippen molar-refractivity contribution in [2.45, 2.75) is 6.42 Å². The summed E-state index contributed by atoms with van der Waals surface area (Å²) in [5.74, 6) is 3.89. The third-order valence-corrected chi connectivity index (χ3v) is 3.98. The number of carbonyl (C=O) groups is 1. The van der Waals surface area contributed by atoms with Gasteiger partial charge in [-0.15, -0.1) is 6.42 Å². The third kappa shape index (κ3) is 6.04. The van der Waals surface area contributed by atoms with Crippen molar-refractivity contribution in [3.05, 3.63) is 52.0 Å². The molecule has 6 nitrogen and oxygen atoms in total. The first-order chi connectivity index (χ1) is 13.1. The van der Waals surface area contributed by atoms with Gasteiger partial charge in [-0.25, -0.2) is 5.43 Å². The van der Waals surface area contributed by atoms with Gasteiger partial charge in [-0.2, -0.15) is 5.10 Å². The number of hydrogen-bond acceptors (Lipinski definition) is 5. The number of nitrogens with one attached hydrogen (secondary N) is 1. The zero-order chi connectivity index (χ0) is 19.6. The molecule has 0 atom stereocenters. The highest BCUT2D eigenvalue weighted by Gasteiger charge is 2.08. The fourth-order valence-electron chi connectivity index (χ4n) is 2.26. The van der Waals surface area contributed by atoms with Gasteiger partial charge in [0.15, 0.2) is 11.5 Å². The maximum atomic E-state index is 12.1. The molecule has 0 heterocycles. The van der Waals surface area contributed by atoms with Crippen LogP contribution in [-0.2, 0) is 11.2 Å². The van der Waals surface area contributed by atoms with Crippen LogP contribution in [0.3, 0.4) is 0 Å². The van der Waals surface area contributed by atoms with Crippen LogP contribution in [0.15, 0.2) is 46.0 Å². The Morgan fingerprint density at radius 1 is 1.19 bits per heavy atom. The van der Waals surface area contributed by atoms with E-state index in [4.69, 9.17) is 20.6 Å². The second-order valence-corrected chi connectivity index (χ2v) is 6.25. The van der Waals surface area contributed by atoms with Crippen LogP contribution in [0.25, 0.3) is 0 Å². The number of hydrazone groups is 1. The lowest BCUT2D eigenvalue weighted by Crippen LogP contribution is -2.19. The van der Waals surface area contributed by atoms with Gasteiger partial charge in [-0.3, -0.25) is 4.79 Å². The molecule has 2 rings (SSSR count). The minimum Gasteiger partial charge on any atom is -0.493 e. The molecule has 2 aromatic rings. The molecule has 0 radical (unpaired) electrons. The number of terminal acetylenes is 1. The molecule has 0 fully saturated rings. The second kappa shape index (κ2) is 10.2. The number of carbonyl (C=O) groups excluding carboxylic acids is 1. The van der Waals surface area contributed by atoms with E-state index in [1.54, 1.807) is 38.5 Å². The summed E-state index contributed by atoms with van der Waals surface area (Å²) in [6, 6.07) is 10.7. The number of rotatable bonds is 8. The monoisotopic (exact) mass is 430 g/mol. The van der Waals surface area contributed by atoms with Crippen molar-refractivity contribution < 1.29 is 19.0 Å². The van der Waals surface area contributed by atoms with E-state index >= 15 is 0 Å². The Balaban J connectivity index is 2.01. The summed E-state index contributed by atoms with van der Waals surface area (Å²) < 4.78 is 16.7. The summed E-state index contributed by atoms with van der Waals surface area (Å²) in [4.78, 5) is 12.1. The van der Waals surface area contributed by atoms with E-state index in [1.807, 2.05) is 12.1 Å². The number of amides is 1. The number of nitrogens with zero attached hydrogens (tertiary/aromatic N) is 1. The van der Waals surface area contributed by atoms with Gasteiger partial charge >= 0.3 is 0 Å². The third-order valence-electron chi connectivity index (χ3n) is 3.49. The Labute approximate surface area is 166 Å². The Kier molecular flexibility index (Phi) is 7.71. The Bertz CT molecular complexity index is 875. The summed E-state index contributed by atoms with van der Waals surface area (Å²) in [5, 5.41) is 3.99. The van der Waals surface area contributed by atoms with Crippen molar-refractivity contribution in [1.82, 2.24) is 5.43 Å². The summed E-state index contributed by atoms with van der Waals surface area (Å²) in [6.45, 7) is 0.147. The summed E-state index contributed by atoms with van der Waals surface area (Å²) in [7, 11) is 3.10. The normalized spacial score (nSPS) is 10.3. The van der Waals surface area contributed by atoms with Gasteiger partial charge in [0, 0.05) is 10.0 Å². The van der Waals surface area contributed by atoms with Gasteiger partial charge in [0.1, 0.15) is 12.4 Å². The number of methoxy groups -OCH3 is 2. The van der Waals surface area contributed by atoms with E-state index in [-0.39, 0.29) is 18.9 Å². The molecule has 0 aliphatic carbocycles. The fourth-order valence-corrected chi connectivity index (χ4v) is 2.64. The fraction of sp³-hybridized carbons (Fsp3) is 0.200. The second-order valence-electron chi connectivity index (χ2n) is 5.33. The van der Waals surface area contributed by atoms with Crippen molar-refractivity contribution in [3.8, 4) is 29.6 Å². The molecule has 0 aliphatic heterocycles. The maximum Gasteiger partial charge on any atom is 0.244 e. The average molecular weight is 431 g/mol. The molecule has 0 bridgehead atoms. The number of ether oxygens (including phenoxy) is 3. The molecule has 2 aromatic carbocycles.